The Hall–Kier alpha value is -0.570. The molecular formula is C14H28N2O. The summed E-state index contributed by atoms with van der Waals surface area (Å²) in [5.74, 6) is 0.738. The summed E-state index contributed by atoms with van der Waals surface area (Å²) in [5, 5.41) is 3.11. The Labute approximate surface area is 106 Å². The summed E-state index contributed by atoms with van der Waals surface area (Å²) in [4.78, 5) is 11.8. The van der Waals surface area contributed by atoms with Crippen molar-refractivity contribution in [1.29, 1.82) is 0 Å². The fourth-order valence-electron chi connectivity index (χ4n) is 2.23. The van der Waals surface area contributed by atoms with Crippen molar-refractivity contribution in [3.05, 3.63) is 0 Å². The predicted molar refractivity (Wildman–Crippen MR) is 71.6 cm³/mol. The Morgan fingerprint density at radius 3 is 2.35 bits per heavy atom. The number of hydrogen-bond acceptors (Lipinski definition) is 2. The largest absolute Gasteiger partial charge is 0.351 e. The molecule has 17 heavy (non-hydrogen) atoms. The van der Waals surface area contributed by atoms with E-state index in [0.717, 1.165) is 25.7 Å². The fraction of sp³-hybridized carbons (Fsp3) is 0.929. The Kier molecular flexibility index (Phi) is 4.59. The first kappa shape index (κ1) is 14.5. The Balaban J connectivity index is 2.33. The Morgan fingerprint density at radius 2 is 1.94 bits per heavy atom. The van der Waals surface area contributed by atoms with Crippen LogP contribution >= 0.6 is 0 Å². The van der Waals surface area contributed by atoms with Gasteiger partial charge in [0.15, 0.2) is 0 Å². The van der Waals surface area contributed by atoms with Gasteiger partial charge in [0.1, 0.15) is 0 Å². The van der Waals surface area contributed by atoms with Gasteiger partial charge >= 0.3 is 0 Å². The summed E-state index contributed by atoms with van der Waals surface area (Å²) in [5.41, 5.74) is 6.00. The molecular weight excluding hydrogens is 212 g/mol. The second-order valence-corrected chi connectivity index (χ2v) is 6.79. The number of carbonyl (C=O) groups excluding carboxylic acids is 1. The average Bonchev–Trinajstić information content (AvgIpc) is 2.88. The first-order valence-electron chi connectivity index (χ1n) is 6.78. The van der Waals surface area contributed by atoms with Gasteiger partial charge in [-0.1, -0.05) is 20.8 Å². The standard InChI is InChI=1S/C14H28N2O/c1-13(2,3)11(7-10-15)5-6-12(17)16-14(4)8-9-14/h11H,5-10,15H2,1-4H3,(H,16,17). The molecule has 1 unspecified atom stereocenters. The summed E-state index contributed by atoms with van der Waals surface area (Å²) in [6, 6.07) is 0. The number of nitrogens with two attached hydrogens (primary N) is 1. The number of carbonyl (C=O) groups is 1. The molecule has 1 saturated carbocycles. The molecule has 1 fully saturated rings. The normalized spacial score (nSPS) is 19.8. The average molecular weight is 240 g/mol. The molecule has 3 N–H and O–H groups in total. The van der Waals surface area contributed by atoms with Crippen molar-refractivity contribution in [2.45, 2.75) is 65.3 Å². The van der Waals surface area contributed by atoms with Gasteiger partial charge in [-0.25, -0.2) is 0 Å². The highest BCUT2D eigenvalue weighted by molar-refractivity contribution is 5.77. The SMILES string of the molecule is CC1(NC(=O)CCC(CCN)C(C)(C)C)CC1. The second kappa shape index (κ2) is 5.38. The molecule has 0 aromatic rings. The van der Waals surface area contributed by atoms with Crippen LogP contribution in [0.4, 0.5) is 0 Å². The van der Waals surface area contributed by atoms with Crippen molar-refractivity contribution in [3.8, 4) is 0 Å². The number of hydrogen-bond donors (Lipinski definition) is 2. The predicted octanol–water partition coefficient (Wildman–Crippen LogP) is 2.45. The third kappa shape index (κ3) is 5.07. The van der Waals surface area contributed by atoms with Gasteiger partial charge < -0.3 is 11.1 Å². The molecule has 1 amide bonds. The van der Waals surface area contributed by atoms with Crippen LogP contribution in [0.3, 0.4) is 0 Å². The van der Waals surface area contributed by atoms with Crippen LogP contribution in [0.5, 0.6) is 0 Å². The van der Waals surface area contributed by atoms with Crippen LogP contribution in [-0.2, 0) is 4.79 Å². The van der Waals surface area contributed by atoms with Crippen LogP contribution in [0.1, 0.15) is 59.8 Å². The maximum Gasteiger partial charge on any atom is 0.220 e. The number of amides is 1. The molecule has 0 spiro atoms. The lowest BCUT2D eigenvalue weighted by Gasteiger charge is -2.30. The molecule has 0 aliphatic heterocycles. The van der Waals surface area contributed by atoms with E-state index in [4.69, 9.17) is 5.73 Å². The first-order valence-corrected chi connectivity index (χ1v) is 6.78. The van der Waals surface area contributed by atoms with Gasteiger partial charge in [0.25, 0.3) is 0 Å². The van der Waals surface area contributed by atoms with Gasteiger partial charge in [0.05, 0.1) is 0 Å². The first-order chi connectivity index (χ1) is 7.77. The van der Waals surface area contributed by atoms with Gasteiger partial charge in [-0.3, -0.25) is 4.79 Å². The van der Waals surface area contributed by atoms with E-state index in [1.807, 2.05) is 0 Å². The molecule has 1 atom stereocenters. The molecule has 3 nitrogen and oxygen atoms in total. The lowest BCUT2D eigenvalue weighted by Crippen LogP contribution is -2.35. The van der Waals surface area contributed by atoms with Gasteiger partial charge in [-0.15, -0.1) is 0 Å². The van der Waals surface area contributed by atoms with E-state index in [9.17, 15) is 4.79 Å². The summed E-state index contributed by atoms with van der Waals surface area (Å²) >= 11 is 0. The van der Waals surface area contributed by atoms with Gasteiger partial charge in [0.2, 0.25) is 5.91 Å². The highest BCUT2D eigenvalue weighted by Gasteiger charge is 2.38. The highest BCUT2D eigenvalue weighted by atomic mass is 16.1. The minimum Gasteiger partial charge on any atom is -0.351 e. The molecule has 0 aromatic heterocycles. The summed E-state index contributed by atoms with van der Waals surface area (Å²) in [7, 11) is 0. The minimum atomic E-state index is 0.113. The third-order valence-corrected chi connectivity index (χ3v) is 3.90. The quantitative estimate of drug-likeness (QED) is 0.749. The zero-order valence-corrected chi connectivity index (χ0v) is 11.8. The fourth-order valence-corrected chi connectivity index (χ4v) is 2.23. The molecule has 0 aromatic carbocycles. The van der Waals surface area contributed by atoms with E-state index in [1.54, 1.807) is 0 Å². The summed E-state index contributed by atoms with van der Waals surface area (Å²) in [6.07, 6.45) is 4.85. The molecule has 0 heterocycles. The van der Waals surface area contributed by atoms with E-state index in [0.29, 0.717) is 18.9 Å². The lowest BCUT2D eigenvalue weighted by molar-refractivity contribution is -0.122. The van der Waals surface area contributed by atoms with Gasteiger partial charge in [-0.2, -0.15) is 0 Å². The van der Waals surface area contributed by atoms with Crippen molar-refractivity contribution in [2.24, 2.45) is 17.1 Å². The topological polar surface area (TPSA) is 55.1 Å². The number of rotatable bonds is 6. The second-order valence-electron chi connectivity index (χ2n) is 6.79. The maximum absolute atomic E-state index is 11.8. The summed E-state index contributed by atoms with van der Waals surface area (Å²) < 4.78 is 0. The van der Waals surface area contributed by atoms with Crippen LogP contribution in [0.25, 0.3) is 0 Å². The lowest BCUT2D eigenvalue weighted by atomic mass is 9.76. The smallest absolute Gasteiger partial charge is 0.220 e. The van der Waals surface area contributed by atoms with E-state index in [2.05, 4.69) is 33.0 Å². The molecule has 0 radical (unpaired) electrons. The summed E-state index contributed by atoms with van der Waals surface area (Å²) in [6.45, 7) is 9.52. The van der Waals surface area contributed by atoms with Crippen molar-refractivity contribution in [3.63, 3.8) is 0 Å². The Morgan fingerprint density at radius 1 is 1.35 bits per heavy atom. The highest BCUT2D eigenvalue weighted by Crippen LogP contribution is 2.35. The zero-order valence-electron chi connectivity index (χ0n) is 11.8. The van der Waals surface area contributed by atoms with Crippen LogP contribution in [0.2, 0.25) is 0 Å². The zero-order chi connectivity index (χ0) is 13.1. The molecule has 1 aliphatic rings. The molecule has 0 bridgehead atoms. The molecule has 1 aliphatic carbocycles. The third-order valence-electron chi connectivity index (χ3n) is 3.90. The van der Waals surface area contributed by atoms with E-state index in [-0.39, 0.29) is 16.9 Å². The molecule has 0 saturated heterocycles. The minimum absolute atomic E-state index is 0.113. The van der Waals surface area contributed by atoms with Crippen molar-refractivity contribution in [1.82, 2.24) is 5.32 Å². The Bertz CT molecular complexity index is 264. The monoisotopic (exact) mass is 240 g/mol. The van der Waals surface area contributed by atoms with Crippen molar-refractivity contribution in [2.75, 3.05) is 6.54 Å². The van der Waals surface area contributed by atoms with Crippen LogP contribution in [0, 0.1) is 11.3 Å². The van der Waals surface area contributed by atoms with Crippen molar-refractivity contribution < 1.29 is 4.79 Å². The van der Waals surface area contributed by atoms with E-state index >= 15 is 0 Å². The maximum atomic E-state index is 11.8. The van der Waals surface area contributed by atoms with Gasteiger partial charge in [-0.05, 0) is 50.5 Å². The molecule has 100 valence electrons. The van der Waals surface area contributed by atoms with Crippen LogP contribution in [-0.4, -0.2) is 18.0 Å². The van der Waals surface area contributed by atoms with Gasteiger partial charge in [0, 0.05) is 12.0 Å². The van der Waals surface area contributed by atoms with Crippen LogP contribution < -0.4 is 11.1 Å². The van der Waals surface area contributed by atoms with E-state index in [1.165, 1.54) is 0 Å². The van der Waals surface area contributed by atoms with Crippen LogP contribution in [0.15, 0.2) is 0 Å². The molecule has 1 rings (SSSR count). The molecule has 3 heteroatoms. The van der Waals surface area contributed by atoms with E-state index < -0.39 is 0 Å². The van der Waals surface area contributed by atoms with Crippen molar-refractivity contribution >= 4 is 5.91 Å². The number of nitrogens with one attached hydrogen (secondary N) is 1.